The van der Waals surface area contributed by atoms with Gasteiger partial charge in [-0.15, -0.1) is 0 Å². The standard InChI is InChI=1S/C21H28N2O/c1-4-5-6-7-8-9-10-14-17-20-18(2)22(3)23(21(20)24)19-15-12-11-13-16-19/h8-9,11-17H,4-7,10H2,1-3H3/b9-8+,17-14+. The number of unbranched alkanes of at least 4 members (excludes halogenated alkanes) is 3. The molecular formula is C21H28N2O. The first-order chi connectivity index (χ1) is 11.7. The van der Waals surface area contributed by atoms with Crippen molar-refractivity contribution in [3.05, 3.63) is 70.2 Å². The Hall–Kier alpha value is -2.29. The first-order valence-electron chi connectivity index (χ1n) is 8.82. The van der Waals surface area contributed by atoms with Crippen molar-refractivity contribution in [1.29, 1.82) is 0 Å². The van der Waals surface area contributed by atoms with Crippen LogP contribution in [0, 0.1) is 6.92 Å². The van der Waals surface area contributed by atoms with Crippen molar-refractivity contribution in [3.63, 3.8) is 0 Å². The monoisotopic (exact) mass is 324 g/mol. The fourth-order valence-electron chi connectivity index (χ4n) is 2.77. The molecule has 24 heavy (non-hydrogen) atoms. The quantitative estimate of drug-likeness (QED) is 0.494. The van der Waals surface area contributed by atoms with Crippen molar-refractivity contribution in [2.45, 2.75) is 46.0 Å². The molecule has 0 atom stereocenters. The maximum Gasteiger partial charge on any atom is 0.278 e. The van der Waals surface area contributed by atoms with Gasteiger partial charge in [-0.3, -0.25) is 9.48 Å². The fraction of sp³-hybridized carbons (Fsp3) is 0.381. The highest BCUT2D eigenvalue weighted by atomic mass is 16.1. The summed E-state index contributed by atoms with van der Waals surface area (Å²) in [5, 5.41) is 0. The van der Waals surface area contributed by atoms with Crippen LogP contribution in [0.2, 0.25) is 0 Å². The summed E-state index contributed by atoms with van der Waals surface area (Å²) in [4.78, 5) is 12.7. The molecule has 0 saturated heterocycles. The summed E-state index contributed by atoms with van der Waals surface area (Å²) in [7, 11) is 1.93. The average molecular weight is 324 g/mol. The van der Waals surface area contributed by atoms with E-state index in [1.807, 2.05) is 55.1 Å². The molecule has 0 saturated carbocycles. The second kappa shape index (κ2) is 9.11. The molecule has 0 bridgehead atoms. The first-order valence-corrected chi connectivity index (χ1v) is 8.82. The highest BCUT2D eigenvalue weighted by Crippen LogP contribution is 2.11. The van der Waals surface area contributed by atoms with Gasteiger partial charge in [0.2, 0.25) is 0 Å². The zero-order valence-corrected chi connectivity index (χ0v) is 15.0. The van der Waals surface area contributed by atoms with Crippen LogP contribution in [0.15, 0.2) is 53.4 Å². The molecule has 0 N–H and O–H groups in total. The Balaban J connectivity index is 2.09. The third kappa shape index (κ3) is 4.38. The SMILES string of the molecule is CCCCC/C=C/C/C=C/c1c(C)n(C)n(-c2ccccc2)c1=O. The lowest BCUT2D eigenvalue weighted by molar-refractivity contribution is 0.630. The molecule has 0 amide bonds. The summed E-state index contributed by atoms with van der Waals surface area (Å²) in [6.07, 6.45) is 14.3. The minimum Gasteiger partial charge on any atom is -0.285 e. The Labute approximate surface area is 144 Å². The van der Waals surface area contributed by atoms with E-state index in [9.17, 15) is 4.79 Å². The summed E-state index contributed by atoms with van der Waals surface area (Å²) >= 11 is 0. The van der Waals surface area contributed by atoms with E-state index >= 15 is 0 Å². The van der Waals surface area contributed by atoms with Crippen LogP contribution in [-0.2, 0) is 7.05 Å². The first kappa shape index (κ1) is 18.1. The van der Waals surface area contributed by atoms with Crippen molar-refractivity contribution in [3.8, 4) is 5.69 Å². The molecule has 0 radical (unpaired) electrons. The van der Waals surface area contributed by atoms with Gasteiger partial charge < -0.3 is 0 Å². The maximum absolute atomic E-state index is 12.7. The third-order valence-corrected chi connectivity index (χ3v) is 4.30. The van der Waals surface area contributed by atoms with Crippen molar-refractivity contribution in [2.75, 3.05) is 0 Å². The lowest BCUT2D eigenvalue weighted by Crippen LogP contribution is -2.20. The van der Waals surface area contributed by atoms with Crippen molar-refractivity contribution in [2.24, 2.45) is 7.05 Å². The summed E-state index contributed by atoms with van der Waals surface area (Å²) in [6, 6.07) is 9.75. The molecular weight excluding hydrogens is 296 g/mol. The van der Waals surface area contributed by atoms with Gasteiger partial charge in [0.1, 0.15) is 0 Å². The molecule has 1 heterocycles. The summed E-state index contributed by atoms with van der Waals surface area (Å²) in [5.41, 5.74) is 2.67. The Kier molecular flexibility index (Phi) is 6.86. The normalized spacial score (nSPS) is 11.8. The molecule has 0 aliphatic heterocycles. The molecule has 2 aromatic rings. The van der Waals surface area contributed by atoms with Crippen LogP contribution in [0.5, 0.6) is 0 Å². The Bertz CT molecular complexity index is 748. The number of allylic oxidation sites excluding steroid dienone is 3. The van der Waals surface area contributed by atoms with Gasteiger partial charge >= 0.3 is 0 Å². The van der Waals surface area contributed by atoms with Gasteiger partial charge in [0.15, 0.2) is 0 Å². The van der Waals surface area contributed by atoms with Crippen LogP contribution in [-0.4, -0.2) is 9.36 Å². The van der Waals surface area contributed by atoms with E-state index in [1.165, 1.54) is 19.3 Å². The number of nitrogens with zero attached hydrogens (tertiary/aromatic N) is 2. The molecule has 0 unspecified atom stereocenters. The topological polar surface area (TPSA) is 26.9 Å². The smallest absolute Gasteiger partial charge is 0.278 e. The van der Waals surface area contributed by atoms with Crippen LogP contribution < -0.4 is 5.56 Å². The fourth-order valence-corrected chi connectivity index (χ4v) is 2.77. The second-order valence-corrected chi connectivity index (χ2v) is 6.08. The molecule has 1 aromatic carbocycles. The molecule has 0 fully saturated rings. The number of hydrogen-bond acceptors (Lipinski definition) is 1. The third-order valence-electron chi connectivity index (χ3n) is 4.30. The van der Waals surface area contributed by atoms with Gasteiger partial charge in [-0.2, -0.15) is 0 Å². The number of para-hydroxylation sites is 1. The summed E-state index contributed by atoms with van der Waals surface area (Å²) < 4.78 is 3.63. The van der Waals surface area contributed by atoms with Gasteiger partial charge in [-0.05, 0) is 38.3 Å². The maximum atomic E-state index is 12.7. The second-order valence-electron chi connectivity index (χ2n) is 6.08. The lowest BCUT2D eigenvalue weighted by atomic mass is 10.2. The van der Waals surface area contributed by atoms with Gasteiger partial charge in [0.25, 0.3) is 5.56 Å². The van der Waals surface area contributed by atoms with E-state index in [1.54, 1.807) is 4.68 Å². The molecule has 3 nitrogen and oxygen atoms in total. The van der Waals surface area contributed by atoms with E-state index < -0.39 is 0 Å². The molecule has 128 valence electrons. The van der Waals surface area contributed by atoms with Crippen LogP contribution in [0.25, 0.3) is 11.8 Å². The highest BCUT2D eigenvalue weighted by molar-refractivity contribution is 5.52. The zero-order chi connectivity index (χ0) is 17.4. The Morgan fingerprint density at radius 3 is 2.50 bits per heavy atom. The van der Waals surface area contributed by atoms with E-state index in [0.717, 1.165) is 29.8 Å². The van der Waals surface area contributed by atoms with Crippen LogP contribution >= 0.6 is 0 Å². The predicted octanol–water partition coefficient (Wildman–Crippen LogP) is 5.02. The van der Waals surface area contributed by atoms with Crippen LogP contribution in [0.1, 0.15) is 50.3 Å². The largest absolute Gasteiger partial charge is 0.285 e. The van der Waals surface area contributed by atoms with E-state index in [2.05, 4.69) is 25.2 Å². The van der Waals surface area contributed by atoms with Crippen LogP contribution in [0.3, 0.4) is 0 Å². The lowest BCUT2D eigenvalue weighted by Gasteiger charge is -2.07. The highest BCUT2D eigenvalue weighted by Gasteiger charge is 2.13. The zero-order valence-electron chi connectivity index (χ0n) is 15.0. The minimum atomic E-state index is 0.0318. The number of aromatic nitrogens is 2. The van der Waals surface area contributed by atoms with E-state index in [-0.39, 0.29) is 5.56 Å². The molecule has 0 aliphatic carbocycles. The predicted molar refractivity (Wildman–Crippen MR) is 103 cm³/mol. The number of hydrogen-bond donors (Lipinski definition) is 0. The Morgan fingerprint density at radius 1 is 1.04 bits per heavy atom. The van der Waals surface area contributed by atoms with Gasteiger partial charge in [-0.1, -0.05) is 62.3 Å². The van der Waals surface area contributed by atoms with Gasteiger partial charge in [-0.25, -0.2) is 4.68 Å². The Morgan fingerprint density at radius 2 is 1.79 bits per heavy atom. The molecule has 0 aliphatic rings. The summed E-state index contributed by atoms with van der Waals surface area (Å²) in [6.45, 7) is 4.21. The minimum absolute atomic E-state index is 0.0318. The molecule has 0 spiro atoms. The molecule has 3 heteroatoms. The number of rotatable bonds is 8. The number of benzene rings is 1. The summed E-state index contributed by atoms with van der Waals surface area (Å²) in [5.74, 6) is 0. The average Bonchev–Trinajstić information content (AvgIpc) is 2.81. The van der Waals surface area contributed by atoms with Gasteiger partial charge in [0.05, 0.1) is 11.3 Å². The van der Waals surface area contributed by atoms with E-state index in [0.29, 0.717) is 0 Å². The van der Waals surface area contributed by atoms with Crippen LogP contribution in [0.4, 0.5) is 0 Å². The van der Waals surface area contributed by atoms with Crippen molar-refractivity contribution >= 4 is 6.08 Å². The molecule has 1 aromatic heterocycles. The van der Waals surface area contributed by atoms with E-state index in [4.69, 9.17) is 0 Å². The van der Waals surface area contributed by atoms with Crippen molar-refractivity contribution in [1.82, 2.24) is 9.36 Å². The molecule has 2 rings (SSSR count). The van der Waals surface area contributed by atoms with Gasteiger partial charge in [0, 0.05) is 12.7 Å². The van der Waals surface area contributed by atoms with Crippen molar-refractivity contribution < 1.29 is 0 Å².